The number of hydrogen-bond acceptors (Lipinski definition) is 3. The molecule has 5 nitrogen and oxygen atoms in total. The van der Waals surface area contributed by atoms with Crippen LogP contribution in [-0.4, -0.2) is 42.9 Å². The van der Waals surface area contributed by atoms with Gasteiger partial charge in [-0.25, -0.2) is 0 Å². The summed E-state index contributed by atoms with van der Waals surface area (Å²) >= 11 is 0. The Morgan fingerprint density at radius 3 is 2.68 bits per heavy atom. The van der Waals surface area contributed by atoms with E-state index in [0.717, 1.165) is 25.8 Å². The van der Waals surface area contributed by atoms with Crippen LogP contribution in [0.4, 0.5) is 0 Å². The molecule has 1 heterocycles. The highest BCUT2D eigenvalue weighted by atomic mass is 16.2. The average molecular weight is 269 g/mol. The molecule has 1 rings (SSSR count). The van der Waals surface area contributed by atoms with Gasteiger partial charge < -0.3 is 16.0 Å². The first-order valence-electron chi connectivity index (χ1n) is 7.19. The second kappa shape index (κ2) is 6.89. The summed E-state index contributed by atoms with van der Waals surface area (Å²) in [5.74, 6) is 0.0977. The fraction of sp³-hybridized carbons (Fsp3) is 0.857. The topological polar surface area (TPSA) is 75.4 Å². The predicted molar refractivity (Wildman–Crippen MR) is 75.4 cm³/mol. The summed E-state index contributed by atoms with van der Waals surface area (Å²) in [6.45, 7) is 8.21. The van der Waals surface area contributed by atoms with Crippen LogP contribution in [0.3, 0.4) is 0 Å². The van der Waals surface area contributed by atoms with Crippen LogP contribution >= 0.6 is 0 Å². The molecular formula is C14H27N3O2. The van der Waals surface area contributed by atoms with E-state index < -0.39 is 0 Å². The quantitative estimate of drug-likeness (QED) is 0.773. The van der Waals surface area contributed by atoms with Crippen molar-refractivity contribution >= 4 is 11.8 Å². The van der Waals surface area contributed by atoms with E-state index in [9.17, 15) is 9.59 Å². The smallest absolute Gasteiger partial charge is 0.228 e. The Labute approximate surface area is 115 Å². The lowest BCUT2D eigenvalue weighted by molar-refractivity contribution is -0.143. The Morgan fingerprint density at radius 2 is 2.11 bits per heavy atom. The molecule has 110 valence electrons. The number of hydrogen-bond donors (Lipinski definition) is 2. The molecule has 5 heteroatoms. The van der Waals surface area contributed by atoms with Crippen LogP contribution in [0.2, 0.25) is 0 Å². The van der Waals surface area contributed by atoms with Gasteiger partial charge in [-0.3, -0.25) is 9.59 Å². The number of nitrogens with two attached hydrogens (primary N) is 1. The molecule has 0 aliphatic carbocycles. The van der Waals surface area contributed by atoms with E-state index in [1.54, 1.807) is 0 Å². The van der Waals surface area contributed by atoms with Crippen molar-refractivity contribution in [2.75, 3.05) is 26.2 Å². The maximum atomic E-state index is 12.4. The van der Waals surface area contributed by atoms with Gasteiger partial charge in [0.2, 0.25) is 11.8 Å². The molecule has 0 aromatic heterocycles. The minimum Gasteiger partial charge on any atom is -0.355 e. The van der Waals surface area contributed by atoms with Crippen LogP contribution in [0.1, 0.15) is 40.0 Å². The van der Waals surface area contributed by atoms with Gasteiger partial charge in [0.25, 0.3) is 0 Å². The lowest BCUT2D eigenvalue weighted by atomic mass is 9.86. The van der Waals surface area contributed by atoms with Gasteiger partial charge in [-0.2, -0.15) is 0 Å². The standard InChI is InChI=1S/C14H27N3O2/c1-4-14(2,3)13(19)17-9-5-6-11(10-17)12(18)16-8-7-15/h11H,4-10,15H2,1-3H3,(H,16,18). The molecule has 0 saturated carbocycles. The van der Waals surface area contributed by atoms with Crippen molar-refractivity contribution in [2.24, 2.45) is 17.1 Å². The molecule has 1 unspecified atom stereocenters. The number of rotatable bonds is 5. The molecule has 2 amide bonds. The van der Waals surface area contributed by atoms with Crippen LogP contribution in [0.15, 0.2) is 0 Å². The highest BCUT2D eigenvalue weighted by Crippen LogP contribution is 2.26. The number of carbonyl (C=O) groups excluding carboxylic acids is 2. The summed E-state index contributed by atoms with van der Waals surface area (Å²) in [5.41, 5.74) is 5.04. The van der Waals surface area contributed by atoms with Crippen molar-refractivity contribution in [1.82, 2.24) is 10.2 Å². The van der Waals surface area contributed by atoms with Crippen LogP contribution in [0, 0.1) is 11.3 Å². The van der Waals surface area contributed by atoms with Crippen LogP contribution in [-0.2, 0) is 9.59 Å². The fourth-order valence-electron chi connectivity index (χ4n) is 2.29. The zero-order valence-corrected chi connectivity index (χ0v) is 12.4. The summed E-state index contributed by atoms with van der Waals surface area (Å²) in [4.78, 5) is 26.2. The molecule has 0 aromatic carbocycles. The maximum absolute atomic E-state index is 12.4. The number of piperidine rings is 1. The minimum atomic E-state index is -0.338. The van der Waals surface area contributed by atoms with Crippen LogP contribution in [0.5, 0.6) is 0 Å². The van der Waals surface area contributed by atoms with Crippen molar-refractivity contribution in [1.29, 1.82) is 0 Å². The molecule has 1 fully saturated rings. The van der Waals surface area contributed by atoms with E-state index in [2.05, 4.69) is 5.32 Å². The number of amides is 2. The van der Waals surface area contributed by atoms with Crippen molar-refractivity contribution in [3.05, 3.63) is 0 Å². The fourth-order valence-corrected chi connectivity index (χ4v) is 2.29. The highest BCUT2D eigenvalue weighted by Gasteiger charge is 2.34. The van der Waals surface area contributed by atoms with Gasteiger partial charge in [0.1, 0.15) is 0 Å². The normalized spacial score (nSPS) is 20.2. The highest BCUT2D eigenvalue weighted by molar-refractivity contribution is 5.84. The van der Waals surface area contributed by atoms with E-state index in [1.165, 1.54) is 0 Å². The summed E-state index contributed by atoms with van der Waals surface area (Å²) in [6.07, 6.45) is 2.56. The average Bonchev–Trinajstić information content (AvgIpc) is 2.43. The first kappa shape index (κ1) is 16.0. The Morgan fingerprint density at radius 1 is 1.42 bits per heavy atom. The molecule has 0 spiro atoms. The second-order valence-electron chi connectivity index (χ2n) is 5.91. The molecule has 19 heavy (non-hydrogen) atoms. The predicted octanol–water partition coefficient (Wildman–Crippen LogP) is 0.736. The summed E-state index contributed by atoms with van der Waals surface area (Å²) in [6, 6.07) is 0. The molecule has 1 aliphatic rings. The molecular weight excluding hydrogens is 242 g/mol. The number of likely N-dealkylation sites (tertiary alicyclic amines) is 1. The molecule has 1 aliphatic heterocycles. The monoisotopic (exact) mass is 269 g/mol. The van der Waals surface area contributed by atoms with E-state index in [4.69, 9.17) is 5.73 Å². The number of carbonyl (C=O) groups is 2. The molecule has 0 bridgehead atoms. The lowest BCUT2D eigenvalue weighted by Gasteiger charge is -2.36. The van der Waals surface area contributed by atoms with Crippen molar-refractivity contribution in [3.63, 3.8) is 0 Å². The molecule has 1 saturated heterocycles. The molecule has 1 atom stereocenters. The lowest BCUT2D eigenvalue weighted by Crippen LogP contribution is -2.49. The van der Waals surface area contributed by atoms with Crippen LogP contribution < -0.4 is 11.1 Å². The van der Waals surface area contributed by atoms with Gasteiger partial charge in [-0.15, -0.1) is 0 Å². The Hall–Kier alpha value is -1.10. The third kappa shape index (κ3) is 4.20. The first-order chi connectivity index (χ1) is 8.92. The Bertz CT molecular complexity index is 329. The number of nitrogens with zero attached hydrogens (tertiary/aromatic N) is 1. The largest absolute Gasteiger partial charge is 0.355 e. The minimum absolute atomic E-state index is 0.0252. The van der Waals surface area contributed by atoms with Crippen molar-refractivity contribution < 1.29 is 9.59 Å². The zero-order chi connectivity index (χ0) is 14.5. The Kier molecular flexibility index (Phi) is 5.79. The van der Waals surface area contributed by atoms with Gasteiger partial charge in [0, 0.05) is 31.6 Å². The van der Waals surface area contributed by atoms with Crippen molar-refractivity contribution in [3.8, 4) is 0 Å². The summed E-state index contributed by atoms with van der Waals surface area (Å²) in [7, 11) is 0. The second-order valence-corrected chi connectivity index (χ2v) is 5.91. The summed E-state index contributed by atoms with van der Waals surface area (Å²) < 4.78 is 0. The van der Waals surface area contributed by atoms with Crippen LogP contribution in [0.25, 0.3) is 0 Å². The van der Waals surface area contributed by atoms with Gasteiger partial charge in [-0.1, -0.05) is 20.8 Å². The third-order valence-corrected chi connectivity index (χ3v) is 3.99. The van der Waals surface area contributed by atoms with E-state index in [0.29, 0.717) is 19.6 Å². The SMILES string of the molecule is CCC(C)(C)C(=O)N1CCCC(C(=O)NCCN)C1. The van der Waals surface area contributed by atoms with Crippen molar-refractivity contribution in [2.45, 2.75) is 40.0 Å². The summed E-state index contributed by atoms with van der Waals surface area (Å²) in [5, 5.41) is 2.81. The molecule has 0 radical (unpaired) electrons. The Balaban J connectivity index is 2.59. The number of nitrogens with one attached hydrogen (secondary N) is 1. The maximum Gasteiger partial charge on any atom is 0.228 e. The van der Waals surface area contributed by atoms with Gasteiger partial charge in [-0.05, 0) is 19.3 Å². The van der Waals surface area contributed by atoms with E-state index in [-0.39, 0.29) is 23.1 Å². The molecule has 3 N–H and O–H groups in total. The van der Waals surface area contributed by atoms with Gasteiger partial charge >= 0.3 is 0 Å². The third-order valence-electron chi connectivity index (χ3n) is 3.99. The molecule has 0 aromatic rings. The first-order valence-corrected chi connectivity index (χ1v) is 7.19. The van der Waals surface area contributed by atoms with E-state index >= 15 is 0 Å². The van der Waals surface area contributed by atoms with Gasteiger partial charge in [0.05, 0.1) is 5.92 Å². The zero-order valence-electron chi connectivity index (χ0n) is 12.4. The van der Waals surface area contributed by atoms with Gasteiger partial charge in [0.15, 0.2) is 0 Å². The van der Waals surface area contributed by atoms with E-state index in [1.807, 2.05) is 25.7 Å².